The highest BCUT2D eigenvalue weighted by atomic mass is 16.5. The molecule has 0 radical (unpaired) electrons. The third kappa shape index (κ3) is 3.58. The molecule has 1 atom stereocenters. The van der Waals surface area contributed by atoms with Gasteiger partial charge in [0.25, 0.3) is 0 Å². The van der Waals surface area contributed by atoms with Gasteiger partial charge in [0, 0.05) is 20.0 Å². The number of esters is 1. The maximum absolute atomic E-state index is 12.6. The lowest BCUT2D eigenvalue weighted by Gasteiger charge is -2.31. The summed E-state index contributed by atoms with van der Waals surface area (Å²) in [7, 11) is 0. The summed E-state index contributed by atoms with van der Waals surface area (Å²) < 4.78 is 10.6. The molecule has 2 aromatic rings. The summed E-state index contributed by atoms with van der Waals surface area (Å²) >= 11 is 0. The fourth-order valence-electron chi connectivity index (χ4n) is 3.14. The second-order valence-electron chi connectivity index (χ2n) is 6.14. The monoisotopic (exact) mass is 330 g/mol. The number of aryl methyl sites for hydroxylation is 1. The van der Waals surface area contributed by atoms with Crippen molar-refractivity contribution in [2.45, 2.75) is 33.1 Å². The van der Waals surface area contributed by atoms with E-state index in [1.165, 1.54) is 0 Å². The topological polar surface area (TPSA) is 72.6 Å². The zero-order valence-electron chi connectivity index (χ0n) is 14.1. The first-order chi connectivity index (χ1) is 11.6. The number of ether oxygens (including phenoxy) is 1. The van der Waals surface area contributed by atoms with Crippen molar-refractivity contribution >= 4 is 23.0 Å². The molecule has 0 aliphatic carbocycles. The van der Waals surface area contributed by atoms with Gasteiger partial charge in [-0.05, 0) is 37.5 Å². The van der Waals surface area contributed by atoms with Crippen LogP contribution in [-0.4, -0.2) is 41.5 Å². The number of piperidine rings is 1. The fourth-order valence-corrected chi connectivity index (χ4v) is 3.14. The van der Waals surface area contributed by atoms with Crippen molar-refractivity contribution < 1.29 is 18.7 Å². The largest absolute Gasteiger partial charge is 0.466 e. The molecule has 1 aliphatic rings. The summed E-state index contributed by atoms with van der Waals surface area (Å²) in [5.74, 6) is 0.233. The van der Waals surface area contributed by atoms with Gasteiger partial charge in [-0.25, -0.2) is 4.98 Å². The summed E-state index contributed by atoms with van der Waals surface area (Å²) in [5.41, 5.74) is 2.38. The lowest BCUT2D eigenvalue weighted by Crippen LogP contribution is -2.43. The first kappa shape index (κ1) is 16.5. The molecule has 6 nitrogen and oxygen atoms in total. The van der Waals surface area contributed by atoms with Crippen molar-refractivity contribution in [3.63, 3.8) is 0 Å². The van der Waals surface area contributed by atoms with Crippen molar-refractivity contribution in [2.24, 2.45) is 5.92 Å². The standard InChI is InChI=1S/C18H22N2O4/c1-3-23-18(22)14-5-4-8-20(11-14)17(21)10-13-6-7-15-16(9-13)24-12(2)19-15/h6-7,9,14H,3-5,8,10-11H2,1-2H3. The van der Waals surface area contributed by atoms with E-state index in [0.29, 0.717) is 37.6 Å². The smallest absolute Gasteiger partial charge is 0.310 e. The van der Waals surface area contributed by atoms with Gasteiger partial charge in [-0.3, -0.25) is 9.59 Å². The molecule has 6 heteroatoms. The van der Waals surface area contributed by atoms with Crippen molar-refractivity contribution in [3.8, 4) is 0 Å². The first-order valence-electron chi connectivity index (χ1n) is 8.37. The zero-order chi connectivity index (χ0) is 17.1. The predicted molar refractivity (Wildman–Crippen MR) is 88.4 cm³/mol. The van der Waals surface area contributed by atoms with E-state index in [9.17, 15) is 9.59 Å². The number of carbonyl (C=O) groups excluding carboxylic acids is 2. The van der Waals surface area contributed by atoms with E-state index in [4.69, 9.17) is 9.15 Å². The molecule has 3 rings (SSSR count). The van der Waals surface area contributed by atoms with Crippen LogP contribution in [0.2, 0.25) is 0 Å². The maximum atomic E-state index is 12.6. The van der Waals surface area contributed by atoms with Crippen molar-refractivity contribution in [3.05, 3.63) is 29.7 Å². The molecule has 0 saturated carbocycles. The molecule has 24 heavy (non-hydrogen) atoms. The molecule has 1 unspecified atom stereocenters. The van der Waals surface area contributed by atoms with Crippen LogP contribution in [0.15, 0.2) is 22.6 Å². The van der Waals surface area contributed by atoms with Crippen molar-refractivity contribution in [2.75, 3.05) is 19.7 Å². The first-order valence-corrected chi connectivity index (χ1v) is 8.37. The van der Waals surface area contributed by atoms with E-state index in [1.807, 2.05) is 18.2 Å². The van der Waals surface area contributed by atoms with Gasteiger partial charge in [0.1, 0.15) is 5.52 Å². The molecule has 1 aromatic heterocycles. The number of oxazole rings is 1. The normalized spacial score (nSPS) is 17.9. The zero-order valence-corrected chi connectivity index (χ0v) is 14.1. The maximum Gasteiger partial charge on any atom is 0.310 e. The van der Waals surface area contributed by atoms with Gasteiger partial charge in [0.2, 0.25) is 5.91 Å². The highest BCUT2D eigenvalue weighted by Crippen LogP contribution is 2.21. The second-order valence-corrected chi connectivity index (χ2v) is 6.14. The van der Waals surface area contributed by atoms with E-state index in [-0.39, 0.29) is 17.8 Å². The second kappa shape index (κ2) is 7.03. The Bertz CT molecular complexity index is 753. The number of fused-ring (bicyclic) bond motifs is 1. The average Bonchev–Trinajstić information content (AvgIpc) is 2.94. The number of hydrogen-bond acceptors (Lipinski definition) is 5. The van der Waals surface area contributed by atoms with Gasteiger partial charge in [0.15, 0.2) is 11.5 Å². The number of nitrogens with zero attached hydrogens (tertiary/aromatic N) is 2. The van der Waals surface area contributed by atoms with Gasteiger partial charge >= 0.3 is 5.97 Å². The molecule has 1 amide bonds. The summed E-state index contributed by atoms with van der Waals surface area (Å²) in [6, 6.07) is 5.63. The van der Waals surface area contributed by atoms with Crippen molar-refractivity contribution in [1.29, 1.82) is 0 Å². The van der Waals surface area contributed by atoms with Gasteiger partial charge in [-0.2, -0.15) is 0 Å². The summed E-state index contributed by atoms with van der Waals surface area (Å²) in [5, 5.41) is 0. The van der Waals surface area contributed by atoms with Crippen LogP contribution in [0.3, 0.4) is 0 Å². The quantitative estimate of drug-likeness (QED) is 0.805. The molecule has 1 saturated heterocycles. The minimum Gasteiger partial charge on any atom is -0.466 e. The van der Waals surface area contributed by atoms with E-state index >= 15 is 0 Å². The summed E-state index contributed by atoms with van der Waals surface area (Å²) in [6.45, 7) is 5.11. The van der Waals surface area contributed by atoms with Crippen LogP contribution >= 0.6 is 0 Å². The van der Waals surface area contributed by atoms with Crippen LogP contribution in [0.25, 0.3) is 11.1 Å². The van der Waals surface area contributed by atoms with Gasteiger partial charge < -0.3 is 14.1 Å². The van der Waals surface area contributed by atoms with Crippen LogP contribution in [0.4, 0.5) is 0 Å². The number of likely N-dealkylation sites (tertiary alicyclic amines) is 1. The molecule has 0 bridgehead atoms. The van der Waals surface area contributed by atoms with E-state index in [2.05, 4.69) is 4.98 Å². The molecular weight excluding hydrogens is 308 g/mol. The number of aromatic nitrogens is 1. The molecule has 1 fully saturated rings. The fraction of sp³-hybridized carbons (Fsp3) is 0.500. The Morgan fingerprint density at radius 3 is 3.04 bits per heavy atom. The number of benzene rings is 1. The Morgan fingerprint density at radius 2 is 2.25 bits per heavy atom. The summed E-state index contributed by atoms with van der Waals surface area (Å²) in [6.07, 6.45) is 1.91. The molecule has 128 valence electrons. The van der Waals surface area contributed by atoms with Gasteiger partial charge in [0.05, 0.1) is 18.9 Å². The highest BCUT2D eigenvalue weighted by Gasteiger charge is 2.29. The highest BCUT2D eigenvalue weighted by molar-refractivity contribution is 5.82. The number of hydrogen-bond donors (Lipinski definition) is 0. The molecule has 1 aromatic carbocycles. The van der Waals surface area contributed by atoms with Gasteiger partial charge in [-0.1, -0.05) is 6.07 Å². The molecule has 0 spiro atoms. The lowest BCUT2D eigenvalue weighted by molar-refractivity contribution is -0.151. The number of rotatable bonds is 4. The van der Waals surface area contributed by atoms with E-state index in [0.717, 1.165) is 23.9 Å². The average molecular weight is 330 g/mol. The Balaban J connectivity index is 1.65. The van der Waals surface area contributed by atoms with Crippen LogP contribution in [0, 0.1) is 12.8 Å². The predicted octanol–water partition coefficient (Wildman–Crippen LogP) is 2.48. The van der Waals surface area contributed by atoms with Crippen LogP contribution in [0.5, 0.6) is 0 Å². The van der Waals surface area contributed by atoms with Gasteiger partial charge in [-0.15, -0.1) is 0 Å². The Morgan fingerprint density at radius 1 is 1.42 bits per heavy atom. The minimum atomic E-state index is -0.206. The Kier molecular flexibility index (Phi) is 4.83. The van der Waals surface area contributed by atoms with Crippen LogP contribution < -0.4 is 0 Å². The number of carbonyl (C=O) groups is 2. The molecule has 0 N–H and O–H groups in total. The Labute approximate surface area is 140 Å². The van der Waals surface area contributed by atoms with E-state index < -0.39 is 0 Å². The third-order valence-electron chi connectivity index (χ3n) is 4.31. The van der Waals surface area contributed by atoms with E-state index in [1.54, 1.807) is 18.7 Å². The molecule has 1 aliphatic heterocycles. The third-order valence-corrected chi connectivity index (χ3v) is 4.31. The Hall–Kier alpha value is -2.37. The lowest BCUT2D eigenvalue weighted by atomic mass is 9.97. The SMILES string of the molecule is CCOC(=O)C1CCCN(C(=O)Cc2ccc3nc(C)oc3c2)C1. The number of amides is 1. The van der Waals surface area contributed by atoms with Crippen molar-refractivity contribution in [1.82, 2.24) is 9.88 Å². The van der Waals surface area contributed by atoms with Crippen LogP contribution in [-0.2, 0) is 20.7 Å². The molecular formula is C18H22N2O4. The molecule has 2 heterocycles. The minimum absolute atomic E-state index is 0.0274. The summed E-state index contributed by atoms with van der Waals surface area (Å²) in [4.78, 5) is 30.5. The van der Waals surface area contributed by atoms with Crippen LogP contribution in [0.1, 0.15) is 31.2 Å².